The fraction of sp³-hybridized carbons (Fsp3) is 0.167. The van der Waals surface area contributed by atoms with Gasteiger partial charge in [0.2, 0.25) is 5.91 Å². The molecule has 0 saturated heterocycles. The Morgan fingerprint density at radius 2 is 2.06 bits per heavy atom. The SMILES string of the molecule is Cc1oncc1C(C(N)=O)c1ccc(F)cc1. The number of primary amides is 1. The van der Waals surface area contributed by atoms with Crippen molar-refractivity contribution in [1.29, 1.82) is 0 Å². The molecule has 0 radical (unpaired) electrons. The topological polar surface area (TPSA) is 69.1 Å². The summed E-state index contributed by atoms with van der Waals surface area (Å²) < 4.78 is 17.7. The monoisotopic (exact) mass is 234 g/mol. The highest BCUT2D eigenvalue weighted by molar-refractivity contribution is 5.85. The zero-order valence-corrected chi connectivity index (χ0v) is 9.18. The van der Waals surface area contributed by atoms with Crippen molar-refractivity contribution in [1.82, 2.24) is 5.16 Å². The Morgan fingerprint density at radius 3 is 2.53 bits per heavy atom. The first-order chi connectivity index (χ1) is 8.09. The van der Waals surface area contributed by atoms with E-state index < -0.39 is 11.8 Å². The molecule has 1 aromatic heterocycles. The Labute approximate surface area is 97.2 Å². The summed E-state index contributed by atoms with van der Waals surface area (Å²) in [5.74, 6) is -1.03. The molecule has 0 saturated carbocycles. The van der Waals surface area contributed by atoms with E-state index in [1.165, 1.54) is 30.5 Å². The van der Waals surface area contributed by atoms with E-state index in [1.807, 2.05) is 0 Å². The number of carbonyl (C=O) groups excluding carboxylic acids is 1. The van der Waals surface area contributed by atoms with Crippen LogP contribution in [0.3, 0.4) is 0 Å². The number of hydrogen-bond donors (Lipinski definition) is 1. The number of aryl methyl sites for hydroxylation is 1. The fourth-order valence-electron chi connectivity index (χ4n) is 1.74. The molecule has 17 heavy (non-hydrogen) atoms. The molecule has 0 bridgehead atoms. The van der Waals surface area contributed by atoms with Gasteiger partial charge >= 0.3 is 0 Å². The zero-order chi connectivity index (χ0) is 12.4. The lowest BCUT2D eigenvalue weighted by Gasteiger charge is -2.12. The summed E-state index contributed by atoms with van der Waals surface area (Å²) >= 11 is 0. The lowest BCUT2D eigenvalue weighted by molar-refractivity contribution is -0.118. The van der Waals surface area contributed by atoms with Crippen LogP contribution in [0, 0.1) is 12.7 Å². The van der Waals surface area contributed by atoms with Crippen LogP contribution in [0.5, 0.6) is 0 Å². The van der Waals surface area contributed by atoms with E-state index in [0.717, 1.165) is 0 Å². The smallest absolute Gasteiger partial charge is 0.229 e. The maximum Gasteiger partial charge on any atom is 0.229 e. The van der Waals surface area contributed by atoms with E-state index in [4.69, 9.17) is 10.3 Å². The van der Waals surface area contributed by atoms with Crippen LogP contribution in [0.4, 0.5) is 4.39 Å². The van der Waals surface area contributed by atoms with Crippen molar-refractivity contribution in [3.8, 4) is 0 Å². The molecule has 0 spiro atoms. The average Bonchev–Trinajstić information content (AvgIpc) is 2.68. The summed E-state index contributed by atoms with van der Waals surface area (Å²) in [4.78, 5) is 11.5. The predicted octanol–water partition coefficient (Wildman–Crippen LogP) is 1.74. The Kier molecular flexibility index (Phi) is 2.91. The van der Waals surface area contributed by atoms with E-state index in [2.05, 4.69) is 5.16 Å². The van der Waals surface area contributed by atoms with Crippen molar-refractivity contribution in [2.24, 2.45) is 5.73 Å². The molecule has 0 aliphatic rings. The van der Waals surface area contributed by atoms with Crippen molar-refractivity contribution < 1.29 is 13.7 Å². The second-order valence-electron chi connectivity index (χ2n) is 3.72. The van der Waals surface area contributed by atoms with Crippen LogP contribution in [-0.4, -0.2) is 11.1 Å². The molecule has 1 unspecified atom stereocenters. The molecular formula is C12H11FN2O2. The van der Waals surface area contributed by atoms with Crippen molar-refractivity contribution >= 4 is 5.91 Å². The predicted molar refractivity (Wildman–Crippen MR) is 58.7 cm³/mol. The first-order valence-corrected chi connectivity index (χ1v) is 5.05. The van der Waals surface area contributed by atoms with Gasteiger partial charge in [-0.15, -0.1) is 0 Å². The second kappa shape index (κ2) is 4.37. The summed E-state index contributed by atoms with van der Waals surface area (Å²) in [5.41, 5.74) is 6.58. The highest BCUT2D eigenvalue weighted by Crippen LogP contribution is 2.26. The first kappa shape index (κ1) is 11.3. The van der Waals surface area contributed by atoms with Gasteiger partial charge in [0.05, 0.1) is 12.1 Å². The molecule has 0 fully saturated rings. The van der Waals surface area contributed by atoms with Crippen LogP contribution in [0.15, 0.2) is 35.0 Å². The third kappa shape index (κ3) is 2.18. The Balaban J connectivity index is 2.47. The largest absolute Gasteiger partial charge is 0.369 e. The Bertz CT molecular complexity index is 534. The summed E-state index contributed by atoms with van der Waals surface area (Å²) in [5, 5.41) is 3.61. The summed E-state index contributed by atoms with van der Waals surface area (Å²) in [6.45, 7) is 1.70. The minimum absolute atomic E-state index is 0.362. The molecule has 88 valence electrons. The normalized spacial score (nSPS) is 12.4. The van der Waals surface area contributed by atoms with Gasteiger partial charge < -0.3 is 10.3 Å². The molecule has 4 nitrogen and oxygen atoms in total. The van der Waals surface area contributed by atoms with Crippen LogP contribution in [-0.2, 0) is 4.79 Å². The first-order valence-electron chi connectivity index (χ1n) is 5.05. The quantitative estimate of drug-likeness (QED) is 0.879. The Hall–Kier alpha value is -2.17. The number of benzene rings is 1. The van der Waals surface area contributed by atoms with Gasteiger partial charge in [-0.3, -0.25) is 4.79 Å². The molecule has 0 aliphatic carbocycles. The van der Waals surface area contributed by atoms with E-state index >= 15 is 0 Å². The van der Waals surface area contributed by atoms with Crippen LogP contribution < -0.4 is 5.73 Å². The van der Waals surface area contributed by atoms with Gasteiger partial charge in [0.25, 0.3) is 0 Å². The summed E-state index contributed by atoms with van der Waals surface area (Å²) in [6.07, 6.45) is 1.45. The number of carbonyl (C=O) groups is 1. The highest BCUT2D eigenvalue weighted by Gasteiger charge is 2.24. The molecule has 1 heterocycles. The molecule has 2 N–H and O–H groups in total. The van der Waals surface area contributed by atoms with Crippen molar-refractivity contribution in [2.45, 2.75) is 12.8 Å². The van der Waals surface area contributed by atoms with Crippen molar-refractivity contribution in [2.75, 3.05) is 0 Å². The molecular weight excluding hydrogens is 223 g/mol. The Morgan fingerprint density at radius 1 is 1.41 bits per heavy atom. The molecule has 1 atom stereocenters. The van der Waals surface area contributed by atoms with Gasteiger partial charge in [0.1, 0.15) is 11.6 Å². The number of hydrogen-bond acceptors (Lipinski definition) is 3. The molecule has 1 amide bonds. The number of nitrogens with two attached hydrogens (primary N) is 1. The fourth-order valence-corrected chi connectivity index (χ4v) is 1.74. The maximum atomic E-state index is 12.8. The number of halogens is 1. The molecule has 5 heteroatoms. The number of nitrogens with zero attached hydrogens (tertiary/aromatic N) is 1. The molecule has 2 aromatic rings. The van der Waals surface area contributed by atoms with E-state index in [0.29, 0.717) is 16.9 Å². The van der Waals surface area contributed by atoms with Gasteiger partial charge in [-0.1, -0.05) is 17.3 Å². The zero-order valence-electron chi connectivity index (χ0n) is 9.18. The molecule has 0 aliphatic heterocycles. The van der Waals surface area contributed by atoms with Gasteiger partial charge in [0.15, 0.2) is 0 Å². The number of amides is 1. The number of aromatic nitrogens is 1. The summed E-state index contributed by atoms with van der Waals surface area (Å²) in [7, 11) is 0. The average molecular weight is 234 g/mol. The molecule has 1 aromatic carbocycles. The van der Waals surface area contributed by atoms with E-state index in [-0.39, 0.29) is 5.82 Å². The van der Waals surface area contributed by atoms with Gasteiger partial charge in [-0.05, 0) is 24.6 Å². The van der Waals surface area contributed by atoms with E-state index in [1.54, 1.807) is 6.92 Å². The minimum atomic E-state index is -0.665. The molecule has 2 rings (SSSR count). The van der Waals surface area contributed by atoms with Gasteiger partial charge in [0, 0.05) is 5.56 Å². The van der Waals surface area contributed by atoms with E-state index in [9.17, 15) is 9.18 Å². The van der Waals surface area contributed by atoms with Gasteiger partial charge in [-0.25, -0.2) is 4.39 Å². The third-order valence-electron chi connectivity index (χ3n) is 2.59. The lowest BCUT2D eigenvalue weighted by Crippen LogP contribution is -2.22. The third-order valence-corrected chi connectivity index (χ3v) is 2.59. The standard InChI is InChI=1S/C12H11FN2O2/c1-7-10(6-15-17-7)11(12(14)16)8-2-4-9(13)5-3-8/h2-6,11H,1H3,(H2,14,16). The maximum absolute atomic E-state index is 12.8. The van der Waals surface area contributed by atoms with Crippen LogP contribution in [0.25, 0.3) is 0 Å². The minimum Gasteiger partial charge on any atom is -0.369 e. The van der Waals surface area contributed by atoms with Crippen LogP contribution in [0.2, 0.25) is 0 Å². The van der Waals surface area contributed by atoms with Crippen LogP contribution in [0.1, 0.15) is 22.8 Å². The highest BCUT2D eigenvalue weighted by atomic mass is 19.1. The summed E-state index contributed by atoms with van der Waals surface area (Å²) in [6, 6.07) is 5.62. The van der Waals surface area contributed by atoms with Crippen LogP contribution >= 0.6 is 0 Å². The lowest BCUT2D eigenvalue weighted by atomic mass is 9.91. The van der Waals surface area contributed by atoms with Gasteiger partial charge in [-0.2, -0.15) is 0 Å². The van der Waals surface area contributed by atoms with Crippen molar-refractivity contribution in [3.05, 3.63) is 53.2 Å². The van der Waals surface area contributed by atoms with Crippen molar-refractivity contribution in [3.63, 3.8) is 0 Å². The number of rotatable bonds is 3. The second-order valence-corrected chi connectivity index (χ2v) is 3.72.